The van der Waals surface area contributed by atoms with Crippen LogP contribution in [0.3, 0.4) is 0 Å². The molecular formula is C52H48B13NO. The van der Waals surface area contributed by atoms with Crippen LogP contribution in [0.1, 0.15) is 0 Å². The summed E-state index contributed by atoms with van der Waals surface area (Å²) in [5, 5.41) is 4.60. The van der Waals surface area contributed by atoms with Crippen molar-refractivity contribution >= 4 is 223 Å². The van der Waals surface area contributed by atoms with E-state index in [0.29, 0.717) is 0 Å². The molecule has 0 amide bonds. The maximum absolute atomic E-state index is 6.71. The topological polar surface area (TPSA) is 16.4 Å². The van der Waals surface area contributed by atoms with Crippen molar-refractivity contribution in [3.05, 3.63) is 133 Å². The first-order valence-corrected chi connectivity index (χ1v) is 23.9. The van der Waals surface area contributed by atoms with Crippen LogP contribution < -0.4 is 75.9 Å². The van der Waals surface area contributed by atoms with Crippen LogP contribution in [0.25, 0.3) is 77.2 Å². The zero-order valence-corrected chi connectivity index (χ0v) is 41.6. The summed E-state index contributed by atoms with van der Waals surface area (Å²) >= 11 is 0. The molecule has 2 nitrogen and oxygen atoms in total. The second-order valence-corrected chi connectivity index (χ2v) is 19.2. The summed E-state index contributed by atoms with van der Waals surface area (Å²) in [4.78, 5) is 2.61. The van der Waals surface area contributed by atoms with Gasteiger partial charge in [-0.15, -0.1) is 16.4 Å². The summed E-state index contributed by atoms with van der Waals surface area (Å²) < 4.78 is 6.71. The van der Waals surface area contributed by atoms with Crippen LogP contribution >= 0.6 is 0 Å². The van der Waals surface area contributed by atoms with Gasteiger partial charge in [-0.25, -0.2) is 0 Å². The zero-order valence-electron chi connectivity index (χ0n) is 41.6. The summed E-state index contributed by atoms with van der Waals surface area (Å²) in [5.74, 6) is 0. The maximum Gasteiger partial charge on any atom is 0.143 e. The average Bonchev–Trinajstić information content (AvgIpc) is 3.75. The quantitative estimate of drug-likeness (QED) is 0.149. The highest BCUT2D eigenvalue weighted by Crippen LogP contribution is 2.41. The maximum atomic E-state index is 6.71. The molecule has 0 bridgehead atoms. The van der Waals surface area contributed by atoms with E-state index in [0.717, 1.165) is 44.1 Å². The van der Waals surface area contributed by atoms with Gasteiger partial charge in [-0.05, 0) is 74.2 Å². The molecule has 0 unspecified atom stereocenters. The summed E-state index contributed by atoms with van der Waals surface area (Å²) in [5.41, 5.74) is 32.8. The van der Waals surface area contributed by atoms with E-state index in [1.807, 2.05) is 0 Å². The summed E-state index contributed by atoms with van der Waals surface area (Å²) in [7, 11) is 30.2. The molecule has 10 rings (SSSR count). The Morgan fingerprint density at radius 2 is 0.806 bits per heavy atom. The van der Waals surface area contributed by atoms with Gasteiger partial charge in [0.1, 0.15) is 113 Å². The fourth-order valence-corrected chi connectivity index (χ4v) is 11.4. The molecule has 306 valence electrons. The van der Waals surface area contributed by atoms with E-state index < -0.39 is 0 Å². The van der Waals surface area contributed by atoms with E-state index in [4.69, 9.17) is 4.42 Å². The molecule has 0 spiro atoms. The van der Waals surface area contributed by atoms with E-state index in [-0.39, 0.29) is 0 Å². The molecule has 0 atom stereocenters. The van der Waals surface area contributed by atoms with Crippen molar-refractivity contribution in [2.75, 3.05) is 4.90 Å². The fraction of sp³-hybridized carbons (Fsp3) is 0. The van der Waals surface area contributed by atoms with Gasteiger partial charge in [0.2, 0.25) is 0 Å². The Kier molecular flexibility index (Phi) is 11.4. The minimum Gasteiger partial charge on any atom is -0.455 e. The highest BCUT2D eigenvalue weighted by atomic mass is 16.3. The molecule has 10 aromatic rings. The first kappa shape index (κ1) is 44.5. The highest BCUT2D eigenvalue weighted by molar-refractivity contribution is 6.71. The lowest BCUT2D eigenvalue weighted by Crippen LogP contribution is -2.57. The number of furan rings is 1. The van der Waals surface area contributed by atoms with Gasteiger partial charge in [0, 0.05) is 33.2 Å². The largest absolute Gasteiger partial charge is 0.455 e. The summed E-state index contributed by atoms with van der Waals surface area (Å²) in [6.07, 6.45) is 0. The van der Waals surface area contributed by atoms with Gasteiger partial charge in [0.15, 0.2) is 0 Å². The lowest BCUT2D eigenvalue weighted by molar-refractivity contribution is 0.673. The molecule has 0 aliphatic carbocycles. The molecule has 0 saturated carbocycles. The van der Waals surface area contributed by atoms with Crippen molar-refractivity contribution in [3.8, 4) is 44.5 Å². The summed E-state index contributed by atoms with van der Waals surface area (Å²) in [6.45, 7) is 0. The van der Waals surface area contributed by atoms with Crippen LogP contribution in [0.4, 0.5) is 17.1 Å². The molecule has 0 radical (unpaired) electrons. The van der Waals surface area contributed by atoms with E-state index >= 15 is 0 Å². The van der Waals surface area contributed by atoms with E-state index in [9.17, 15) is 0 Å². The predicted molar refractivity (Wildman–Crippen MR) is 334 cm³/mol. The van der Waals surface area contributed by atoms with E-state index in [1.54, 1.807) is 0 Å². The Hall–Kier alpha value is -6.32. The van der Waals surface area contributed by atoms with Crippen molar-refractivity contribution in [2.45, 2.75) is 0 Å². The molecule has 0 saturated heterocycles. The van der Waals surface area contributed by atoms with Crippen LogP contribution in [0.5, 0.6) is 0 Å². The van der Waals surface area contributed by atoms with Crippen LogP contribution in [0, 0.1) is 0 Å². The van der Waals surface area contributed by atoms with Crippen molar-refractivity contribution in [1.82, 2.24) is 0 Å². The molecule has 0 N–H and O–H groups in total. The smallest absolute Gasteiger partial charge is 0.143 e. The Morgan fingerprint density at radius 3 is 1.42 bits per heavy atom. The van der Waals surface area contributed by atoms with Crippen molar-refractivity contribution < 1.29 is 4.42 Å². The number of fused-ring (bicyclic) bond motifs is 5. The van der Waals surface area contributed by atoms with Gasteiger partial charge in [-0.3, -0.25) is 0 Å². The van der Waals surface area contributed by atoms with Crippen LogP contribution in [-0.4, -0.2) is 102 Å². The van der Waals surface area contributed by atoms with Gasteiger partial charge in [0.05, 0.1) is 0 Å². The molecular weight excluding hydrogens is 795 g/mol. The normalized spacial score (nSPS) is 11.5. The molecule has 0 fully saturated rings. The zero-order chi connectivity index (χ0) is 47.2. The second-order valence-electron chi connectivity index (χ2n) is 19.2. The van der Waals surface area contributed by atoms with E-state index in [2.05, 4.69) is 240 Å². The van der Waals surface area contributed by atoms with Crippen molar-refractivity contribution in [2.24, 2.45) is 0 Å². The minimum absolute atomic E-state index is 0.900. The molecule has 9 aromatic carbocycles. The third-order valence-electron chi connectivity index (χ3n) is 16.0. The van der Waals surface area contributed by atoms with Gasteiger partial charge in [0.25, 0.3) is 0 Å². The molecule has 1 aromatic heterocycles. The third-order valence-corrected chi connectivity index (χ3v) is 16.0. The Bertz CT molecular complexity index is 3600. The van der Waals surface area contributed by atoms with Gasteiger partial charge in [-0.1, -0.05) is 164 Å². The predicted octanol–water partition coefficient (Wildman–Crippen LogP) is -7.76. The first-order chi connectivity index (χ1) is 32.2. The number of rotatable bonds is 7. The summed E-state index contributed by atoms with van der Waals surface area (Å²) in [6, 6.07) is 48.5. The highest BCUT2D eigenvalue weighted by Gasteiger charge is 2.28. The van der Waals surface area contributed by atoms with Crippen molar-refractivity contribution in [3.63, 3.8) is 0 Å². The Balaban J connectivity index is 1.22. The van der Waals surface area contributed by atoms with Crippen LogP contribution in [0.2, 0.25) is 0 Å². The van der Waals surface area contributed by atoms with Crippen molar-refractivity contribution in [1.29, 1.82) is 0 Å². The molecule has 0 aliphatic rings. The number of anilines is 3. The number of benzene rings is 9. The third kappa shape index (κ3) is 7.06. The lowest BCUT2D eigenvalue weighted by atomic mass is 9.56. The average molecular weight is 844 g/mol. The van der Waals surface area contributed by atoms with E-state index in [1.165, 1.54) is 121 Å². The number of hydrogen-bond donors (Lipinski definition) is 0. The Labute approximate surface area is 407 Å². The molecule has 1 heterocycles. The Morgan fingerprint density at radius 1 is 0.328 bits per heavy atom. The SMILES string of the molecule is Bc1c(B)c(B)c(-c2c(B)c(B)c(N(c3cccc(-c4cccc5oc6c7ccccc7ccc6c45)c3)c3c(B)c(B)c(-c4ccc(-c5ccccc5)cc4)c(B)c3B)c(B)c2B)c(B)c1B. The first-order valence-electron chi connectivity index (χ1n) is 23.9. The number of hydrogen-bond acceptors (Lipinski definition) is 2. The minimum atomic E-state index is 0.900. The standard InChI is InChI=1S/C52H48B13NO/c53-37-33(26-18-16-24(17-19-26)23-8-2-1-3-9-23)38(54)47(63)50(46(37)62)66(51-48(64)41(57)36(42(58)49(51)65)35-39(55)43(59)45(61)44(60)40(35)56)28-12-6-11-27(22-28)29-14-7-15-32-34(29)31-21-20-25-10-4-5-13-30(25)52(31)67-32/h1-22H,53-65H2. The number of nitrogens with zero attached hydrogens (tertiary/aromatic N) is 1. The van der Waals surface area contributed by atoms with Gasteiger partial charge in [-0.2, -0.15) is 0 Å². The fourth-order valence-electron chi connectivity index (χ4n) is 11.4. The second kappa shape index (κ2) is 17.1. The molecule has 67 heavy (non-hydrogen) atoms. The van der Waals surface area contributed by atoms with Crippen LogP contribution in [0.15, 0.2) is 138 Å². The van der Waals surface area contributed by atoms with Gasteiger partial charge < -0.3 is 9.32 Å². The monoisotopic (exact) mass is 845 g/mol. The van der Waals surface area contributed by atoms with Crippen LogP contribution in [-0.2, 0) is 0 Å². The molecule has 0 aliphatic heterocycles. The molecule has 15 heteroatoms. The lowest BCUT2D eigenvalue weighted by Gasteiger charge is -2.37. The van der Waals surface area contributed by atoms with Gasteiger partial charge >= 0.3 is 0 Å².